The normalized spacial score (nSPS) is 17.1. The Labute approximate surface area is 129 Å². The number of alkyl halides is 2. The van der Waals surface area contributed by atoms with E-state index in [2.05, 4.69) is 0 Å². The molecule has 1 aromatic rings. The van der Waals surface area contributed by atoms with E-state index in [9.17, 15) is 4.39 Å². The van der Waals surface area contributed by atoms with Crippen molar-refractivity contribution in [1.82, 2.24) is 0 Å². The SMILES string of the molecule is Fc1cccc(Cl)c1CC(CCl)(CCl)C1CCCC1. The van der Waals surface area contributed by atoms with Crippen LogP contribution in [0, 0.1) is 17.2 Å². The highest BCUT2D eigenvalue weighted by molar-refractivity contribution is 6.31. The molecule has 1 aliphatic carbocycles. The Bertz CT molecular complexity index is 403. The summed E-state index contributed by atoms with van der Waals surface area (Å²) in [6, 6.07) is 4.80. The van der Waals surface area contributed by atoms with Crippen LogP contribution in [0.3, 0.4) is 0 Å². The lowest BCUT2D eigenvalue weighted by Crippen LogP contribution is -2.36. The Morgan fingerprint density at radius 1 is 1.16 bits per heavy atom. The van der Waals surface area contributed by atoms with E-state index in [-0.39, 0.29) is 11.2 Å². The van der Waals surface area contributed by atoms with Crippen LogP contribution in [-0.2, 0) is 6.42 Å². The third-order valence-corrected chi connectivity index (χ3v) is 5.76. The van der Waals surface area contributed by atoms with Gasteiger partial charge < -0.3 is 0 Å². The van der Waals surface area contributed by atoms with Crippen LogP contribution in [0.15, 0.2) is 18.2 Å². The van der Waals surface area contributed by atoms with Gasteiger partial charge in [-0.3, -0.25) is 0 Å². The molecule has 0 radical (unpaired) electrons. The summed E-state index contributed by atoms with van der Waals surface area (Å²) in [5, 5.41) is 0.470. The van der Waals surface area contributed by atoms with Gasteiger partial charge in [-0.15, -0.1) is 23.2 Å². The molecule has 0 spiro atoms. The summed E-state index contributed by atoms with van der Waals surface area (Å²) >= 11 is 18.5. The summed E-state index contributed by atoms with van der Waals surface area (Å²) in [5.41, 5.74) is 0.309. The van der Waals surface area contributed by atoms with Crippen LogP contribution < -0.4 is 0 Å². The smallest absolute Gasteiger partial charge is 0.127 e. The summed E-state index contributed by atoms with van der Waals surface area (Å²) in [5.74, 6) is 1.11. The van der Waals surface area contributed by atoms with Crippen LogP contribution in [0.4, 0.5) is 4.39 Å². The fourth-order valence-electron chi connectivity index (χ4n) is 3.08. The van der Waals surface area contributed by atoms with E-state index in [1.165, 1.54) is 18.9 Å². The summed E-state index contributed by atoms with van der Waals surface area (Å²) in [6.07, 6.45) is 5.21. The van der Waals surface area contributed by atoms with Gasteiger partial charge in [-0.05, 0) is 37.3 Å². The van der Waals surface area contributed by atoms with Crippen molar-refractivity contribution in [1.29, 1.82) is 0 Å². The zero-order valence-corrected chi connectivity index (χ0v) is 13.0. The molecule has 1 saturated carbocycles. The summed E-state index contributed by atoms with van der Waals surface area (Å²) in [7, 11) is 0. The van der Waals surface area contributed by atoms with E-state index in [4.69, 9.17) is 34.8 Å². The molecule has 106 valence electrons. The average molecular weight is 324 g/mol. The monoisotopic (exact) mass is 322 g/mol. The zero-order chi connectivity index (χ0) is 13.9. The van der Waals surface area contributed by atoms with Crippen molar-refractivity contribution in [2.75, 3.05) is 11.8 Å². The van der Waals surface area contributed by atoms with E-state index >= 15 is 0 Å². The fraction of sp³-hybridized carbons (Fsp3) is 0.600. The molecule has 0 aliphatic heterocycles. The minimum Gasteiger partial charge on any atom is -0.207 e. The van der Waals surface area contributed by atoms with Crippen LogP contribution in [0.1, 0.15) is 31.2 Å². The molecule has 4 heteroatoms. The zero-order valence-electron chi connectivity index (χ0n) is 10.8. The maximum atomic E-state index is 14.0. The van der Waals surface area contributed by atoms with Crippen molar-refractivity contribution in [3.8, 4) is 0 Å². The van der Waals surface area contributed by atoms with Crippen molar-refractivity contribution < 1.29 is 4.39 Å². The molecule has 0 unspecified atom stereocenters. The van der Waals surface area contributed by atoms with E-state index < -0.39 is 0 Å². The first-order valence-corrected chi connectivity index (χ1v) is 8.12. The fourth-order valence-corrected chi connectivity index (χ4v) is 4.23. The molecule has 1 fully saturated rings. The van der Waals surface area contributed by atoms with Gasteiger partial charge in [0.15, 0.2) is 0 Å². The molecular weight excluding hydrogens is 306 g/mol. The maximum Gasteiger partial charge on any atom is 0.127 e. The Morgan fingerprint density at radius 3 is 2.32 bits per heavy atom. The number of hydrogen-bond donors (Lipinski definition) is 0. The van der Waals surface area contributed by atoms with Gasteiger partial charge in [-0.25, -0.2) is 4.39 Å². The molecule has 19 heavy (non-hydrogen) atoms. The second kappa shape index (κ2) is 6.65. The molecule has 0 saturated heterocycles. The topological polar surface area (TPSA) is 0 Å². The summed E-state index contributed by atoms with van der Waals surface area (Å²) in [6.45, 7) is 0. The minimum absolute atomic E-state index is 0.245. The Kier molecular flexibility index (Phi) is 5.39. The molecule has 0 heterocycles. The van der Waals surface area contributed by atoms with Crippen LogP contribution >= 0.6 is 34.8 Å². The Hall–Kier alpha value is 0.0200. The second-order valence-electron chi connectivity index (χ2n) is 5.49. The predicted octanol–water partition coefficient (Wildman–Crippen LogP) is 5.68. The quantitative estimate of drug-likeness (QED) is 0.612. The molecular formula is C15H18Cl3F. The molecule has 0 nitrogen and oxygen atoms in total. The first-order chi connectivity index (χ1) is 9.13. The Balaban J connectivity index is 2.30. The van der Waals surface area contributed by atoms with Crippen molar-refractivity contribution in [2.24, 2.45) is 11.3 Å². The largest absolute Gasteiger partial charge is 0.207 e. The van der Waals surface area contributed by atoms with Crippen LogP contribution in [-0.4, -0.2) is 11.8 Å². The number of rotatable bonds is 5. The average Bonchev–Trinajstić information content (AvgIpc) is 2.94. The van der Waals surface area contributed by atoms with Gasteiger partial charge in [0.25, 0.3) is 0 Å². The van der Waals surface area contributed by atoms with Crippen molar-refractivity contribution >= 4 is 34.8 Å². The molecule has 2 rings (SSSR count). The molecule has 0 aromatic heterocycles. The number of halogens is 4. The highest BCUT2D eigenvalue weighted by Crippen LogP contribution is 2.45. The lowest BCUT2D eigenvalue weighted by Gasteiger charge is -2.36. The predicted molar refractivity (Wildman–Crippen MR) is 80.9 cm³/mol. The van der Waals surface area contributed by atoms with Gasteiger partial charge in [0, 0.05) is 27.8 Å². The minimum atomic E-state index is -0.259. The third-order valence-electron chi connectivity index (χ3n) is 4.34. The molecule has 0 amide bonds. The molecule has 0 atom stereocenters. The van der Waals surface area contributed by atoms with E-state index in [0.717, 1.165) is 12.8 Å². The van der Waals surface area contributed by atoms with Gasteiger partial charge in [0.1, 0.15) is 5.82 Å². The first kappa shape index (κ1) is 15.4. The lowest BCUT2D eigenvalue weighted by molar-refractivity contribution is 0.223. The molecule has 0 N–H and O–H groups in total. The van der Waals surface area contributed by atoms with Crippen LogP contribution in [0.25, 0.3) is 0 Å². The highest BCUT2D eigenvalue weighted by atomic mass is 35.5. The van der Waals surface area contributed by atoms with Crippen molar-refractivity contribution in [3.63, 3.8) is 0 Å². The van der Waals surface area contributed by atoms with Crippen LogP contribution in [0.2, 0.25) is 5.02 Å². The van der Waals surface area contributed by atoms with Crippen molar-refractivity contribution in [2.45, 2.75) is 32.1 Å². The van der Waals surface area contributed by atoms with Gasteiger partial charge in [0.05, 0.1) is 0 Å². The second-order valence-corrected chi connectivity index (χ2v) is 6.43. The van der Waals surface area contributed by atoms with Crippen molar-refractivity contribution in [3.05, 3.63) is 34.6 Å². The summed E-state index contributed by atoms with van der Waals surface area (Å²) in [4.78, 5) is 0. The molecule has 1 aliphatic rings. The molecule has 1 aromatic carbocycles. The maximum absolute atomic E-state index is 14.0. The van der Waals surface area contributed by atoms with E-state index in [0.29, 0.717) is 34.7 Å². The standard InChI is InChI=1S/C15H18Cl3F/c16-9-15(10-17,11-4-1-2-5-11)8-12-13(18)6-3-7-14(12)19/h3,6-7,11H,1-2,4-5,8-10H2. The van der Waals surface area contributed by atoms with Gasteiger partial charge >= 0.3 is 0 Å². The molecule has 0 bridgehead atoms. The Morgan fingerprint density at radius 2 is 1.79 bits per heavy atom. The van der Waals surface area contributed by atoms with E-state index in [1.807, 2.05) is 0 Å². The first-order valence-electron chi connectivity index (χ1n) is 6.68. The lowest BCUT2D eigenvalue weighted by atomic mass is 9.73. The van der Waals surface area contributed by atoms with Gasteiger partial charge in [-0.1, -0.05) is 30.5 Å². The number of benzene rings is 1. The third kappa shape index (κ3) is 3.20. The van der Waals surface area contributed by atoms with Crippen LogP contribution in [0.5, 0.6) is 0 Å². The number of hydrogen-bond acceptors (Lipinski definition) is 0. The van der Waals surface area contributed by atoms with E-state index in [1.54, 1.807) is 12.1 Å². The highest BCUT2D eigenvalue weighted by Gasteiger charge is 2.40. The summed E-state index contributed by atoms with van der Waals surface area (Å²) < 4.78 is 14.0. The van der Waals surface area contributed by atoms with Gasteiger partial charge in [-0.2, -0.15) is 0 Å². The van der Waals surface area contributed by atoms with Gasteiger partial charge in [0.2, 0.25) is 0 Å².